The molecule has 1 unspecified atom stereocenters. The van der Waals surface area contributed by atoms with Crippen LogP contribution >= 0.6 is 12.4 Å². The Morgan fingerprint density at radius 1 is 1.18 bits per heavy atom. The van der Waals surface area contributed by atoms with E-state index >= 15 is 0 Å². The molecule has 0 radical (unpaired) electrons. The van der Waals surface area contributed by atoms with E-state index in [9.17, 15) is 9.59 Å². The Hall–Kier alpha value is -1.63. The van der Waals surface area contributed by atoms with Gasteiger partial charge >= 0.3 is 0 Å². The smallest absolute Gasteiger partial charge is 0.251 e. The fourth-order valence-electron chi connectivity index (χ4n) is 2.16. The molecule has 6 nitrogen and oxygen atoms in total. The molecule has 2 amide bonds. The number of nitrogens with one attached hydrogen (secondary N) is 3. The van der Waals surface area contributed by atoms with Crippen molar-refractivity contribution in [3.63, 3.8) is 0 Å². The molecule has 1 aromatic carbocycles. The first-order valence-electron chi connectivity index (χ1n) is 7.25. The van der Waals surface area contributed by atoms with Gasteiger partial charge < -0.3 is 20.7 Å². The lowest BCUT2D eigenvalue weighted by Gasteiger charge is -2.22. The van der Waals surface area contributed by atoms with E-state index in [4.69, 9.17) is 4.74 Å². The Kier molecular flexibility index (Phi) is 5.76. The highest BCUT2D eigenvalue weighted by molar-refractivity contribution is 5.97. The Morgan fingerprint density at radius 3 is 2.50 bits per heavy atom. The van der Waals surface area contributed by atoms with Crippen LogP contribution in [0.2, 0.25) is 0 Å². The monoisotopic (exact) mass is 325 g/mol. The van der Waals surface area contributed by atoms with Crippen LogP contribution in [-0.2, 0) is 9.53 Å². The standard InChI is InChI=1S/C15H19N3O3.ClH/c19-14(17-12-5-6-12)10-1-3-11(4-2-10)18-15(20)13-9-21-8-7-16-13;/h1-4,12-13,16H,5-9H2,(H,17,19)(H,18,20);1H. The molecule has 2 fully saturated rings. The fourth-order valence-corrected chi connectivity index (χ4v) is 2.16. The maximum atomic E-state index is 12.0. The van der Waals surface area contributed by atoms with E-state index in [0.717, 1.165) is 12.8 Å². The zero-order chi connectivity index (χ0) is 14.7. The van der Waals surface area contributed by atoms with Crippen molar-refractivity contribution in [1.82, 2.24) is 10.6 Å². The van der Waals surface area contributed by atoms with Gasteiger partial charge in [-0.15, -0.1) is 12.4 Å². The summed E-state index contributed by atoms with van der Waals surface area (Å²) in [6.07, 6.45) is 2.13. The first kappa shape index (κ1) is 16.7. The summed E-state index contributed by atoms with van der Waals surface area (Å²) in [4.78, 5) is 23.9. The average Bonchev–Trinajstić information content (AvgIpc) is 3.33. The normalized spacial score (nSPS) is 20.6. The summed E-state index contributed by atoms with van der Waals surface area (Å²) in [6.45, 7) is 1.70. The molecule has 1 aliphatic heterocycles. The molecule has 1 heterocycles. The number of benzene rings is 1. The molecule has 1 saturated heterocycles. The van der Waals surface area contributed by atoms with Gasteiger partial charge in [-0.05, 0) is 37.1 Å². The van der Waals surface area contributed by atoms with Gasteiger partial charge in [0.25, 0.3) is 5.91 Å². The molecule has 3 rings (SSSR count). The lowest BCUT2D eigenvalue weighted by atomic mass is 10.2. The second-order valence-electron chi connectivity index (χ2n) is 5.40. The quantitative estimate of drug-likeness (QED) is 0.769. The SMILES string of the molecule is Cl.O=C(NC1CC1)c1ccc(NC(=O)C2COCCN2)cc1. The third-order valence-corrected chi connectivity index (χ3v) is 3.57. The Morgan fingerprint density at radius 2 is 1.91 bits per heavy atom. The number of hydrogen-bond acceptors (Lipinski definition) is 4. The minimum absolute atomic E-state index is 0. The predicted octanol–water partition coefficient (Wildman–Crippen LogP) is 0.927. The van der Waals surface area contributed by atoms with Crippen LogP contribution in [0.4, 0.5) is 5.69 Å². The Balaban J connectivity index is 0.00000176. The van der Waals surface area contributed by atoms with Crippen molar-refractivity contribution >= 4 is 29.9 Å². The number of amides is 2. The van der Waals surface area contributed by atoms with Crippen molar-refractivity contribution in [3.8, 4) is 0 Å². The second kappa shape index (κ2) is 7.58. The van der Waals surface area contributed by atoms with Gasteiger partial charge in [-0.25, -0.2) is 0 Å². The zero-order valence-electron chi connectivity index (χ0n) is 12.1. The predicted molar refractivity (Wildman–Crippen MR) is 85.4 cm³/mol. The first-order valence-corrected chi connectivity index (χ1v) is 7.25. The van der Waals surface area contributed by atoms with Crippen LogP contribution in [0.3, 0.4) is 0 Å². The summed E-state index contributed by atoms with van der Waals surface area (Å²) in [5.74, 6) is -0.178. The van der Waals surface area contributed by atoms with E-state index in [-0.39, 0.29) is 30.3 Å². The van der Waals surface area contributed by atoms with Crippen molar-refractivity contribution in [1.29, 1.82) is 0 Å². The van der Waals surface area contributed by atoms with Gasteiger partial charge in [-0.1, -0.05) is 0 Å². The third-order valence-electron chi connectivity index (χ3n) is 3.57. The highest BCUT2D eigenvalue weighted by Gasteiger charge is 2.24. The minimum Gasteiger partial charge on any atom is -0.378 e. The van der Waals surface area contributed by atoms with E-state index in [1.165, 1.54) is 0 Å². The van der Waals surface area contributed by atoms with Crippen LogP contribution in [0.25, 0.3) is 0 Å². The van der Waals surface area contributed by atoms with Crippen LogP contribution in [0, 0.1) is 0 Å². The van der Waals surface area contributed by atoms with Crippen LogP contribution in [-0.4, -0.2) is 43.7 Å². The second-order valence-corrected chi connectivity index (χ2v) is 5.40. The molecule has 1 aliphatic carbocycles. The summed E-state index contributed by atoms with van der Waals surface area (Å²) in [5.41, 5.74) is 1.29. The Labute approximate surface area is 135 Å². The van der Waals surface area contributed by atoms with Crippen LogP contribution in [0.15, 0.2) is 24.3 Å². The highest BCUT2D eigenvalue weighted by atomic mass is 35.5. The van der Waals surface area contributed by atoms with Gasteiger partial charge in [0.05, 0.1) is 13.2 Å². The molecule has 0 bridgehead atoms. The zero-order valence-corrected chi connectivity index (χ0v) is 12.9. The minimum atomic E-state index is -0.323. The number of halogens is 1. The number of ether oxygens (including phenoxy) is 1. The van der Waals surface area contributed by atoms with Gasteiger partial charge in [-0.3, -0.25) is 9.59 Å². The summed E-state index contributed by atoms with van der Waals surface area (Å²) in [6, 6.07) is 6.94. The maximum absolute atomic E-state index is 12.0. The van der Waals surface area contributed by atoms with Gasteiger partial charge in [0.15, 0.2) is 0 Å². The number of carbonyl (C=O) groups is 2. The molecule has 0 spiro atoms. The molecular weight excluding hydrogens is 306 g/mol. The van der Waals surface area contributed by atoms with Gasteiger partial charge in [-0.2, -0.15) is 0 Å². The molecule has 22 heavy (non-hydrogen) atoms. The van der Waals surface area contributed by atoms with E-state index in [2.05, 4.69) is 16.0 Å². The topological polar surface area (TPSA) is 79.5 Å². The lowest BCUT2D eigenvalue weighted by molar-refractivity contribution is -0.120. The highest BCUT2D eigenvalue weighted by Crippen LogP contribution is 2.19. The largest absolute Gasteiger partial charge is 0.378 e. The molecule has 7 heteroatoms. The van der Waals surface area contributed by atoms with Crippen molar-refractivity contribution in [3.05, 3.63) is 29.8 Å². The van der Waals surface area contributed by atoms with Gasteiger partial charge in [0.2, 0.25) is 5.91 Å². The van der Waals surface area contributed by atoms with Gasteiger partial charge in [0.1, 0.15) is 6.04 Å². The van der Waals surface area contributed by atoms with Gasteiger partial charge in [0, 0.05) is 23.8 Å². The van der Waals surface area contributed by atoms with Crippen molar-refractivity contribution < 1.29 is 14.3 Å². The Bertz CT molecular complexity index is 525. The third kappa shape index (κ3) is 4.43. The number of hydrogen-bond donors (Lipinski definition) is 3. The molecule has 120 valence electrons. The summed E-state index contributed by atoms with van der Waals surface area (Å²) >= 11 is 0. The number of anilines is 1. The molecule has 3 N–H and O–H groups in total. The summed E-state index contributed by atoms with van der Waals surface area (Å²) in [7, 11) is 0. The molecule has 1 atom stereocenters. The van der Waals surface area contributed by atoms with Crippen LogP contribution in [0.1, 0.15) is 23.2 Å². The molecular formula is C15H20ClN3O3. The van der Waals surface area contributed by atoms with Crippen LogP contribution < -0.4 is 16.0 Å². The fraction of sp³-hybridized carbons (Fsp3) is 0.467. The summed E-state index contributed by atoms with van der Waals surface area (Å²) < 4.78 is 5.26. The van der Waals surface area contributed by atoms with Crippen LogP contribution in [0.5, 0.6) is 0 Å². The van der Waals surface area contributed by atoms with Crippen molar-refractivity contribution in [2.24, 2.45) is 0 Å². The summed E-state index contributed by atoms with van der Waals surface area (Å²) in [5, 5.41) is 8.84. The van der Waals surface area contributed by atoms with E-state index < -0.39 is 0 Å². The number of rotatable bonds is 4. The lowest BCUT2D eigenvalue weighted by Crippen LogP contribution is -2.48. The maximum Gasteiger partial charge on any atom is 0.251 e. The first-order chi connectivity index (χ1) is 10.2. The van der Waals surface area contributed by atoms with E-state index in [1.54, 1.807) is 24.3 Å². The molecule has 1 saturated carbocycles. The van der Waals surface area contributed by atoms with Crippen molar-refractivity contribution in [2.75, 3.05) is 25.1 Å². The molecule has 2 aliphatic rings. The van der Waals surface area contributed by atoms with Crippen molar-refractivity contribution in [2.45, 2.75) is 24.9 Å². The molecule has 1 aromatic rings. The average molecular weight is 326 g/mol. The van der Waals surface area contributed by atoms with E-state index in [0.29, 0.717) is 37.1 Å². The number of morpholine rings is 1. The van der Waals surface area contributed by atoms with E-state index in [1.807, 2.05) is 0 Å². The molecule has 0 aromatic heterocycles. The number of carbonyl (C=O) groups excluding carboxylic acids is 2.